The summed E-state index contributed by atoms with van der Waals surface area (Å²) in [7, 11) is 0. The molecule has 1 rings (SSSR count). The minimum Gasteiger partial charge on any atom is -0.478 e. The topological polar surface area (TPSA) is 78.4 Å². The Morgan fingerprint density at radius 1 is 1.33 bits per heavy atom. The zero-order chi connectivity index (χ0) is 13.7. The lowest BCUT2D eigenvalue weighted by molar-refractivity contribution is 0.0697. The number of aromatic carboxylic acids is 1. The highest BCUT2D eigenvalue weighted by molar-refractivity contribution is 6.40. The SMILES string of the molecule is C#CCNC(=O)Nc1c(Cl)cc(C(=O)O)cc1Cl. The van der Waals surface area contributed by atoms with Crippen molar-refractivity contribution in [3.05, 3.63) is 27.7 Å². The molecule has 0 spiro atoms. The first kappa shape index (κ1) is 14.2. The molecule has 7 heteroatoms. The summed E-state index contributed by atoms with van der Waals surface area (Å²) in [5, 5.41) is 13.6. The van der Waals surface area contributed by atoms with E-state index in [-0.39, 0.29) is 27.8 Å². The van der Waals surface area contributed by atoms with Gasteiger partial charge in [-0.25, -0.2) is 9.59 Å². The highest BCUT2D eigenvalue weighted by atomic mass is 35.5. The molecule has 0 unspecified atom stereocenters. The Morgan fingerprint density at radius 2 is 1.89 bits per heavy atom. The number of rotatable bonds is 3. The number of urea groups is 1. The van der Waals surface area contributed by atoms with Crippen LogP contribution in [0.5, 0.6) is 0 Å². The van der Waals surface area contributed by atoms with Gasteiger partial charge in [0.1, 0.15) is 0 Å². The molecule has 1 aromatic rings. The second kappa shape index (κ2) is 6.15. The number of benzene rings is 1. The fourth-order valence-electron chi connectivity index (χ4n) is 1.11. The first-order valence-corrected chi connectivity index (χ1v) is 5.42. The number of hydrogen-bond donors (Lipinski definition) is 3. The summed E-state index contributed by atoms with van der Waals surface area (Å²) in [6.45, 7) is 0.0499. The van der Waals surface area contributed by atoms with E-state index >= 15 is 0 Å². The Balaban J connectivity index is 2.94. The van der Waals surface area contributed by atoms with Crippen LogP contribution in [-0.2, 0) is 0 Å². The van der Waals surface area contributed by atoms with E-state index in [9.17, 15) is 9.59 Å². The van der Waals surface area contributed by atoms with Crippen LogP contribution in [0.2, 0.25) is 10.0 Å². The van der Waals surface area contributed by atoms with Crippen LogP contribution >= 0.6 is 23.2 Å². The molecule has 0 heterocycles. The molecule has 0 atom stereocenters. The molecule has 3 N–H and O–H groups in total. The van der Waals surface area contributed by atoms with Crippen LogP contribution in [0.4, 0.5) is 10.5 Å². The Hall–Kier alpha value is -1.90. The molecule has 0 fully saturated rings. The average Bonchev–Trinajstić information content (AvgIpc) is 2.30. The van der Waals surface area contributed by atoms with Crippen LogP contribution in [0.15, 0.2) is 12.1 Å². The maximum atomic E-state index is 11.3. The summed E-state index contributed by atoms with van der Waals surface area (Å²) in [5.74, 6) is 1.06. The number of carbonyl (C=O) groups is 2. The standard InChI is InChI=1S/C11H8Cl2N2O3/c1-2-3-14-11(18)15-9-7(12)4-6(10(16)17)5-8(9)13/h1,4-5H,3H2,(H,16,17)(H2,14,15,18). The van der Waals surface area contributed by atoms with Gasteiger partial charge in [0.2, 0.25) is 0 Å². The van der Waals surface area contributed by atoms with Crippen molar-refractivity contribution in [3.63, 3.8) is 0 Å². The summed E-state index contributed by atoms with van der Waals surface area (Å²) in [5.41, 5.74) is 0.0532. The minimum atomic E-state index is -1.16. The third kappa shape index (κ3) is 3.55. The quantitative estimate of drug-likeness (QED) is 0.747. The fourth-order valence-corrected chi connectivity index (χ4v) is 1.69. The number of amides is 2. The van der Waals surface area contributed by atoms with Crippen molar-refractivity contribution in [1.29, 1.82) is 0 Å². The summed E-state index contributed by atoms with van der Waals surface area (Å²) in [4.78, 5) is 22.1. The lowest BCUT2D eigenvalue weighted by Crippen LogP contribution is -2.29. The first-order valence-electron chi connectivity index (χ1n) is 4.66. The highest BCUT2D eigenvalue weighted by Crippen LogP contribution is 2.31. The van der Waals surface area contributed by atoms with Gasteiger partial charge < -0.3 is 15.7 Å². The molecule has 2 amide bonds. The van der Waals surface area contributed by atoms with Crippen molar-refractivity contribution < 1.29 is 14.7 Å². The van der Waals surface area contributed by atoms with Gasteiger partial charge in [-0.15, -0.1) is 6.42 Å². The molecule has 0 saturated heterocycles. The van der Waals surface area contributed by atoms with Crippen molar-refractivity contribution >= 4 is 40.9 Å². The molecule has 0 radical (unpaired) electrons. The normalized spacial score (nSPS) is 9.39. The summed E-state index contributed by atoms with van der Waals surface area (Å²) < 4.78 is 0. The molecule has 5 nitrogen and oxygen atoms in total. The Labute approximate surface area is 113 Å². The van der Waals surface area contributed by atoms with Gasteiger partial charge in [0.25, 0.3) is 0 Å². The van der Waals surface area contributed by atoms with E-state index in [1.807, 2.05) is 0 Å². The number of terminal acetylenes is 1. The molecule has 18 heavy (non-hydrogen) atoms. The van der Waals surface area contributed by atoms with Gasteiger partial charge in [0, 0.05) is 0 Å². The summed E-state index contributed by atoms with van der Waals surface area (Å²) in [6, 6.07) is 1.79. The van der Waals surface area contributed by atoms with Crippen molar-refractivity contribution in [1.82, 2.24) is 5.32 Å². The monoisotopic (exact) mass is 286 g/mol. The maximum Gasteiger partial charge on any atom is 0.335 e. The lowest BCUT2D eigenvalue weighted by atomic mass is 10.2. The molecule has 0 aliphatic rings. The van der Waals surface area contributed by atoms with Gasteiger partial charge in [-0.2, -0.15) is 0 Å². The van der Waals surface area contributed by atoms with E-state index in [0.717, 1.165) is 0 Å². The van der Waals surface area contributed by atoms with Crippen LogP contribution in [0, 0.1) is 12.3 Å². The first-order chi connectivity index (χ1) is 8.45. The van der Waals surface area contributed by atoms with E-state index in [0.29, 0.717) is 0 Å². The van der Waals surface area contributed by atoms with Crippen LogP contribution < -0.4 is 10.6 Å². The fraction of sp³-hybridized carbons (Fsp3) is 0.0909. The van der Waals surface area contributed by atoms with Crippen LogP contribution in [0.1, 0.15) is 10.4 Å². The smallest absolute Gasteiger partial charge is 0.335 e. The van der Waals surface area contributed by atoms with E-state index in [1.165, 1.54) is 12.1 Å². The van der Waals surface area contributed by atoms with E-state index in [2.05, 4.69) is 16.6 Å². The van der Waals surface area contributed by atoms with Crippen molar-refractivity contribution in [2.24, 2.45) is 0 Å². The zero-order valence-corrected chi connectivity index (χ0v) is 10.5. The van der Waals surface area contributed by atoms with Gasteiger partial charge in [0.05, 0.1) is 27.8 Å². The molecular formula is C11H8Cl2N2O3. The third-order valence-corrected chi connectivity index (χ3v) is 2.47. The van der Waals surface area contributed by atoms with E-state index in [4.69, 9.17) is 34.7 Å². The van der Waals surface area contributed by atoms with Gasteiger partial charge in [-0.05, 0) is 12.1 Å². The lowest BCUT2D eigenvalue weighted by Gasteiger charge is -2.10. The Kier molecular flexibility index (Phi) is 4.84. The molecular weight excluding hydrogens is 279 g/mol. The highest BCUT2D eigenvalue weighted by Gasteiger charge is 2.13. The van der Waals surface area contributed by atoms with Crippen LogP contribution in [0.3, 0.4) is 0 Å². The molecule has 0 aliphatic carbocycles. The van der Waals surface area contributed by atoms with Crippen molar-refractivity contribution in [2.75, 3.05) is 11.9 Å². The Bertz CT molecular complexity index is 515. The summed E-state index contributed by atoms with van der Waals surface area (Å²) >= 11 is 11.7. The van der Waals surface area contributed by atoms with Crippen LogP contribution in [0.25, 0.3) is 0 Å². The number of carboxylic acid groups (broad SMARTS) is 1. The molecule has 0 saturated carbocycles. The number of carboxylic acids is 1. The molecule has 94 valence electrons. The minimum absolute atomic E-state index is 0.0238. The second-order valence-electron chi connectivity index (χ2n) is 3.13. The van der Waals surface area contributed by atoms with Crippen molar-refractivity contribution in [2.45, 2.75) is 0 Å². The average molecular weight is 287 g/mol. The number of nitrogens with one attached hydrogen (secondary N) is 2. The van der Waals surface area contributed by atoms with Crippen LogP contribution in [-0.4, -0.2) is 23.7 Å². The maximum absolute atomic E-state index is 11.3. The number of halogens is 2. The second-order valence-corrected chi connectivity index (χ2v) is 3.95. The van der Waals surface area contributed by atoms with Gasteiger partial charge >= 0.3 is 12.0 Å². The number of hydrogen-bond acceptors (Lipinski definition) is 2. The largest absolute Gasteiger partial charge is 0.478 e. The molecule has 0 aromatic heterocycles. The predicted molar refractivity (Wildman–Crippen MR) is 69.3 cm³/mol. The summed E-state index contributed by atoms with van der Waals surface area (Å²) in [6.07, 6.45) is 4.97. The van der Waals surface area contributed by atoms with Gasteiger partial charge in [0.15, 0.2) is 0 Å². The predicted octanol–water partition coefficient (Wildman–Crippen LogP) is 2.45. The zero-order valence-electron chi connectivity index (χ0n) is 8.96. The Morgan fingerprint density at radius 3 is 2.33 bits per heavy atom. The van der Waals surface area contributed by atoms with Gasteiger partial charge in [-0.3, -0.25) is 0 Å². The van der Waals surface area contributed by atoms with E-state index < -0.39 is 12.0 Å². The number of carbonyl (C=O) groups excluding carboxylic acids is 1. The van der Waals surface area contributed by atoms with E-state index in [1.54, 1.807) is 0 Å². The molecule has 1 aromatic carbocycles. The third-order valence-electron chi connectivity index (χ3n) is 1.88. The molecule has 0 aliphatic heterocycles. The van der Waals surface area contributed by atoms with Gasteiger partial charge in [-0.1, -0.05) is 29.1 Å². The molecule has 0 bridgehead atoms. The number of anilines is 1. The van der Waals surface area contributed by atoms with Crippen molar-refractivity contribution in [3.8, 4) is 12.3 Å².